The number of pyridine rings is 1. The average Bonchev–Trinajstić information content (AvgIpc) is 3.10. The molecule has 4 nitrogen and oxygen atoms in total. The minimum Gasteiger partial charge on any atom is -0.496 e. The molecule has 1 aromatic heterocycles. The predicted octanol–water partition coefficient (Wildman–Crippen LogP) is 4.62. The lowest BCUT2D eigenvalue weighted by Crippen LogP contribution is -2.05. The zero-order chi connectivity index (χ0) is 17.1. The lowest BCUT2D eigenvalue weighted by Gasteiger charge is -2.13. The van der Waals surface area contributed by atoms with E-state index in [-0.39, 0.29) is 0 Å². The normalized spacial score (nSPS) is 14.0. The molecule has 0 spiro atoms. The molecule has 0 atom stereocenters. The Kier molecular flexibility index (Phi) is 4.86. The molecule has 5 heteroatoms. The lowest BCUT2D eigenvalue weighted by molar-refractivity contribution is 0.0594. The third-order valence-corrected chi connectivity index (χ3v) is 4.39. The van der Waals surface area contributed by atoms with Crippen molar-refractivity contribution in [2.45, 2.75) is 19.3 Å². The summed E-state index contributed by atoms with van der Waals surface area (Å²) in [5.74, 6) is 0.357. The van der Waals surface area contributed by atoms with Crippen LogP contribution in [-0.4, -0.2) is 25.2 Å². The van der Waals surface area contributed by atoms with Crippen LogP contribution in [0, 0.1) is 0 Å². The molecule has 0 saturated carbocycles. The smallest absolute Gasteiger partial charge is 0.356 e. The lowest BCUT2D eigenvalue weighted by atomic mass is 9.99. The second kappa shape index (κ2) is 7.05. The second-order valence-electron chi connectivity index (χ2n) is 5.55. The number of methoxy groups -OCH3 is 2. The van der Waals surface area contributed by atoms with E-state index < -0.39 is 5.97 Å². The Balaban J connectivity index is 2.11. The SMILES string of the molecule is COC(=O)c1cccc(C2=C(c3cc(Cl)ccc3OC)CCC2)n1. The van der Waals surface area contributed by atoms with Gasteiger partial charge in [-0.2, -0.15) is 0 Å². The first-order valence-corrected chi connectivity index (χ1v) is 8.13. The van der Waals surface area contributed by atoms with Crippen LogP contribution in [-0.2, 0) is 4.74 Å². The second-order valence-corrected chi connectivity index (χ2v) is 5.99. The topological polar surface area (TPSA) is 48.4 Å². The molecule has 2 aromatic rings. The highest BCUT2D eigenvalue weighted by atomic mass is 35.5. The highest BCUT2D eigenvalue weighted by molar-refractivity contribution is 6.30. The highest BCUT2D eigenvalue weighted by Gasteiger charge is 2.22. The van der Waals surface area contributed by atoms with Crippen LogP contribution in [0.4, 0.5) is 0 Å². The van der Waals surface area contributed by atoms with E-state index in [1.807, 2.05) is 30.3 Å². The van der Waals surface area contributed by atoms with Crippen molar-refractivity contribution in [2.24, 2.45) is 0 Å². The summed E-state index contributed by atoms with van der Waals surface area (Å²) in [6.07, 6.45) is 2.86. The van der Waals surface area contributed by atoms with Gasteiger partial charge in [0, 0.05) is 10.6 Å². The van der Waals surface area contributed by atoms with Crippen molar-refractivity contribution in [1.29, 1.82) is 0 Å². The molecule has 0 bridgehead atoms. The Morgan fingerprint density at radius 3 is 2.67 bits per heavy atom. The molecule has 1 aliphatic rings. The third-order valence-electron chi connectivity index (χ3n) is 4.16. The molecule has 0 unspecified atom stereocenters. The number of allylic oxidation sites excluding steroid dienone is 2. The zero-order valence-corrected chi connectivity index (χ0v) is 14.4. The van der Waals surface area contributed by atoms with Gasteiger partial charge in [0.2, 0.25) is 0 Å². The summed E-state index contributed by atoms with van der Waals surface area (Å²) in [4.78, 5) is 16.2. The number of carbonyl (C=O) groups excluding carboxylic acids is 1. The predicted molar refractivity (Wildman–Crippen MR) is 94.2 cm³/mol. The van der Waals surface area contributed by atoms with Crippen LogP contribution >= 0.6 is 11.6 Å². The number of esters is 1. The summed E-state index contributed by atoms with van der Waals surface area (Å²) in [5.41, 5.74) is 4.40. The van der Waals surface area contributed by atoms with Gasteiger partial charge in [-0.3, -0.25) is 0 Å². The number of halogens is 1. The summed E-state index contributed by atoms with van der Waals surface area (Å²) in [5, 5.41) is 0.667. The van der Waals surface area contributed by atoms with Crippen LogP contribution < -0.4 is 4.74 Å². The van der Waals surface area contributed by atoms with E-state index in [0.29, 0.717) is 10.7 Å². The standard InChI is InChI=1S/C19H18ClNO3/c1-23-18-10-9-12(20)11-15(18)13-5-3-6-14(13)16-7-4-8-17(21-16)19(22)24-2/h4,7-11H,3,5-6H2,1-2H3. The Morgan fingerprint density at radius 2 is 1.92 bits per heavy atom. The molecule has 0 amide bonds. The molecule has 0 N–H and O–H groups in total. The molecule has 1 heterocycles. The fourth-order valence-corrected chi connectivity index (χ4v) is 3.23. The van der Waals surface area contributed by atoms with Crippen LogP contribution in [0.5, 0.6) is 5.75 Å². The van der Waals surface area contributed by atoms with E-state index in [2.05, 4.69) is 4.98 Å². The molecule has 3 rings (SSSR count). The van der Waals surface area contributed by atoms with Crippen LogP contribution in [0.1, 0.15) is 41.0 Å². The number of rotatable bonds is 4. The Morgan fingerprint density at radius 1 is 1.12 bits per heavy atom. The van der Waals surface area contributed by atoms with Gasteiger partial charge >= 0.3 is 5.97 Å². The van der Waals surface area contributed by atoms with Gasteiger partial charge in [-0.05, 0) is 60.7 Å². The first-order valence-electron chi connectivity index (χ1n) is 7.75. The highest BCUT2D eigenvalue weighted by Crippen LogP contribution is 2.42. The Labute approximate surface area is 146 Å². The van der Waals surface area contributed by atoms with Crippen LogP contribution in [0.2, 0.25) is 5.02 Å². The maximum atomic E-state index is 11.7. The summed E-state index contributed by atoms with van der Waals surface area (Å²) in [6, 6.07) is 11.0. The number of hydrogen-bond donors (Lipinski definition) is 0. The summed E-state index contributed by atoms with van der Waals surface area (Å²) < 4.78 is 10.3. The molecule has 1 aromatic carbocycles. The van der Waals surface area contributed by atoms with Gasteiger partial charge in [-0.15, -0.1) is 0 Å². The van der Waals surface area contributed by atoms with Crippen molar-refractivity contribution in [1.82, 2.24) is 4.98 Å². The molecule has 24 heavy (non-hydrogen) atoms. The fraction of sp³-hybridized carbons (Fsp3) is 0.263. The quantitative estimate of drug-likeness (QED) is 0.760. The molecular weight excluding hydrogens is 326 g/mol. The van der Waals surface area contributed by atoms with Crippen molar-refractivity contribution >= 4 is 28.7 Å². The first kappa shape index (κ1) is 16.5. The average molecular weight is 344 g/mol. The number of hydrogen-bond acceptors (Lipinski definition) is 4. The maximum absolute atomic E-state index is 11.7. The van der Waals surface area contributed by atoms with Gasteiger partial charge in [-0.25, -0.2) is 9.78 Å². The van der Waals surface area contributed by atoms with Crippen LogP contribution in [0.15, 0.2) is 36.4 Å². The number of ether oxygens (including phenoxy) is 2. The van der Waals surface area contributed by atoms with E-state index in [0.717, 1.165) is 41.8 Å². The van der Waals surface area contributed by atoms with Gasteiger partial charge < -0.3 is 9.47 Å². The van der Waals surface area contributed by atoms with E-state index in [9.17, 15) is 4.79 Å². The Bertz CT molecular complexity index is 814. The van der Waals surface area contributed by atoms with Gasteiger partial charge in [0.15, 0.2) is 0 Å². The zero-order valence-electron chi connectivity index (χ0n) is 13.6. The van der Waals surface area contributed by atoms with Crippen LogP contribution in [0.3, 0.4) is 0 Å². The molecular formula is C19H18ClNO3. The molecule has 0 saturated heterocycles. The van der Waals surface area contributed by atoms with Gasteiger partial charge in [0.25, 0.3) is 0 Å². The van der Waals surface area contributed by atoms with Gasteiger partial charge in [-0.1, -0.05) is 17.7 Å². The van der Waals surface area contributed by atoms with Crippen LogP contribution in [0.25, 0.3) is 11.1 Å². The molecule has 124 valence electrons. The van der Waals surface area contributed by atoms with Crippen molar-refractivity contribution in [3.63, 3.8) is 0 Å². The monoisotopic (exact) mass is 343 g/mol. The molecule has 1 aliphatic carbocycles. The van der Waals surface area contributed by atoms with Crippen molar-refractivity contribution in [2.75, 3.05) is 14.2 Å². The number of carbonyl (C=O) groups is 1. The van der Waals surface area contributed by atoms with E-state index in [1.54, 1.807) is 13.2 Å². The van der Waals surface area contributed by atoms with Gasteiger partial charge in [0.1, 0.15) is 11.4 Å². The first-order chi connectivity index (χ1) is 11.6. The van der Waals surface area contributed by atoms with E-state index in [4.69, 9.17) is 21.1 Å². The Hall–Kier alpha value is -2.33. The van der Waals surface area contributed by atoms with Gasteiger partial charge in [0.05, 0.1) is 19.9 Å². The third kappa shape index (κ3) is 3.15. The fourth-order valence-electron chi connectivity index (χ4n) is 3.06. The summed E-state index contributed by atoms with van der Waals surface area (Å²) in [7, 11) is 3.01. The minimum absolute atomic E-state index is 0.312. The summed E-state index contributed by atoms with van der Waals surface area (Å²) >= 11 is 6.18. The molecule has 0 radical (unpaired) electrons. The summed E-state index contributed by atoms with van der Waals surface area (Å²) in [6.45, 7) is 0. The van der Waals surface area contributed by atoms with Crippen molar-refractivity contribution in [3.8, 4) is 5.75 Å². The largest absolute Gasteiger partial charge is 0.496 e. The van der Waals surface area contributed by atoms with E-state index >= 15 is 0 Å². The molecule has 0 fully saturated rings. The van der Waals surface area contributed by atoms with E-state index in [1.165, 1.54) is 12.7 Å². The number of benzene rings is 1. The van der Waals surface area contributed by atoms with Crippen molar-refractivity contribution in [3.05, 3.63) is 58.4 Å². The molecule has 0 aliphatic heterocycles. The minimum atomic E-state index is -0.433. The maximum Gasteiger partial charge on any atom is 0.356 e. The van der Waals surface area contributed by atoms with Crippen molar-refractivity contribution < 1.29 is 14.3 Å². The number of nitrogens with zero attached hydrogens (tertiary/aromatic N) is 1. The number of aromatic nitrogens is 1.